The molecule has 2 N–H and O–H groups in total. The van der Waals surface area contributed by atoms with Crippen molar-refractivity contribution >= 4 is 11.7 Å². The highest BCUT2D eigenvalue weighted by atomic mass is 16.3. The number of aryl methyl sites for hydroxylation is 2. The highest BCUT2D eigenvalue weighted by Crippen LogP contribution is 2.27. The Hall–Kier alpha value is -2.02. The van der Waals surface area contributed by atoms with Gasteiger partial charge in [-0.2, -0.15) is 4.98 Å². The number of aliphatic hydroxyl groups is 1. The molecule has 0 atom stereocenters. The van der Waals surface area contributed by atoms with Crippen LogP contribution in [0.15, 0.2) is 6.07 Å². The first-order valence-electron chi connectivity index (χ1n) is 7.68. The van der Waals surface area contributed by atoms with Crippen molar-refractivity contribution < 1.29 is 9.90 Å². The molecular weight excluding hydrogens is 282 g/mol. The molecule has 2 heterocycles. The standard InChI is InChI=1S/C15H21N5O2/c1-10-8-11(2)20-14(17-10)18-12(19-20)13(21)16-9-15(22)6-4-3-5-7-15/h8,22H,3-7,9H2,1-2H3,(H,16,21). The summed E-state index contributed by atoms with van der Waals surface area (Å²) >= 11 is 0. The smallest absolute Gasteiger partial charge is 0.291 e. The third-order valence-electron chi connectivity index (χ3n) is 4.18. The molecule has 0 spiro atoms. The number of aromatic nitrogens is 4. The lowest BCUT2D eigenvalue weighted by atomic mass is 9.85. The summed E-state index contributed by atoms with van der Waals surface area (Å²) < 4.78 is 1.55. The number of rotatable bonds is 3. The third kappa shape index (κ3) is 2.94. The van der Waals surface area contributed by atoms with Crippen LogP contribution in [0.5, 0.6) is 0 Å². The normalized spacial score (nSPS) is 17.6. The van der Waals surface area contributed by atoms with E-state index >= 15 is 0 Å². The molecular formula is C15H21N5O2. The summed E-state index contributed by atoms with van der Waals surface area (Å²) in [7, 11) is 0. The molecule has 0 saturated heterocycles. The van der Waals surface area contributed by atoms with Crippen molar-refractivity contribution in [1.82, 2.24) is 24.9 Å². The number of hydrogen-bond donors (Lipinski definition) is 2. The van der Waals surface area contributed by atoms with Gasteiger partial charge in [-0.3, -0.25) is 4.79 Å². The number of carbonyl (C=O) groups is 1. The van der Waals surface area contributed by atoms with Crippen LogP contribution in [0.3, 0.4) is 0 Å². The molecule has 1 aliphatic rings. The van der Waals surface area contributed by atoms with Crippen molar-refractivity contribution in [2.75, 3.05) is 6.54 Å². The SMILES string of the molecule is Cc1cc(C)n2nc(C(=O)NCC3(O)CCCCC3)nc2n1. The van der Waals surface area contributed by atoms with Crippen LogP contribution < -0.4 is 5.32 Å². The van der Waals surface area contributed by atoms with E-state index in [9.17, 15) is 9.90 Å². The van der Waals surface area contributed by atoms with Crippen LogP contribution >= 0.6 is 0 Å². The number of amides is 1. The molecule has 3 rings (SSSR count). The van der Waals surface area contributed by atoms with Crippen molar-refractivity contribution in [3.63, 3.8) is 0 Å². The second-order valence-corrected chi connectivity index (χ2v) is 6.15. The second kappa shape index (κ2) is 5.64. The topological polar surface area (TPSA) is 92.4 Å². The Bertz CT molecular complexity index is 703. The lowest BCUT2D eigenvalue weighted by molar-refractivity contribution is 0.00516. The first-order chi connectivity index (χ1) is 10.5. The summed E-state index contributed by atoms with van der Waals surface area (Å²) in [5.74, 6) is 0.126. The Morgan fingerprint density at radius 1 is 1.32 bits per heavy atom. The van der Waals surface area contributed by atoms with Crippen LogP contribution in [0.1, 0.15) is 54.1 Å². The maximum absolute atomic E-state index is 12.2. The monoisotopic (exact) mass is 303 g/mol. The minimum absolute atomic E-state index is 0.0839. The predicted molar refractivity (Wildman–Crippen MR) is 80.6 cm³/mol. The largest absolute Gasteiger partial charge is 0.388 e. The van der Waals surface area contributed by atoms with Crippen LogP contribution in [0.2, 0.25) is 0 Å². The molecule has 0 unspecified atom stereocenters. The zero-order valence-electron chi connectivity index (χ0n) is 13.0. The molecule has 1 saturated carbocycles. The number of fused-ring (bicyclic) bond motifs is 1. The van der Waals surface area contributed by atoms with Gasteiger partial charge in [-0.15, -0.1) is 5.10 Å². The maximum Gasteiger partial charge on any atom is 0.291 e. The zero-order valence-corrected chi connectivity index (χ0v) is 13.0. The summed E-state index contributed by atoms with van der Waals surface area (Å²) in [5.41, 5.74) is 0.915. The fourth-order valence-corrected chi connectivity index (χ4v) is 2.97. The first kappa shape index (κ1) is 14.9. The van der Waals surface area contributed by atoms with Gasteiger partial charge in [0.1, 0.15) is 0 Å². The van der Waals surface area contributed by atoms with E-state index < -0.39 is 5.60 Å². The average molecular weight is 303 g/mol. The quantitative estimate of drug-likeness (QED) is 0.888. The predicted octanol–water partition coefficient (Wildman–Crippen LogP) is 1.17. The molecule has 1 aliphatic carbocycles. The van der Waals surface area contributed by atoms with Crippen molar-refractivity contribution in [3.05, 3.63) is 23.3 Å². The van der Waals surface area contributed by atoms with E-state index in [-0.39, 0.29) is 18.3 Å². The Morgan fingerprint density at radius 3 is 2.77 bits per heavy atom. The third-order valence-corrected chi connectivity index (χ3v) is 4.18. The lowest BCUT2D eigenvalue weighted by Crippen LogP contribution is -2.44. The van der Waals surface area contributed by atoms with Crippen molar-refractivity contribution in [2.45, 2.75) is 51.6 Å². The van der Waals surface area contributed by atoms with Crippen LogP contribution in [0, 0.1) is 13.8 Å². The average Bonchev–Trinajstić information content (AvgIpc) is 2.90. The van der Waals surface area contributed by atoms with Crippen LogP contribution in [-0.4, -0.2) is 42.7 Å². The summed E-state index contributed by atoms with van der Waals surface area (Å²) in [6, 6.07) is 1.88. The van der Waals surface area contributed by atoms with Crippen LogP contribution in [0.25, 0.3) is 5.78 Å². The van der Waals surface area contributed by atoms with Gasteiger partial charge in [0, 0.05) is 17.9 Å². The number of carbonyl (C=O) groups excluding carboxylic acids is 1. The number of nitrogens with one attached hydrogen (secondary N) is 1. The molecule has 118 valence electrons. The van der Waals surface area contributed by atoms with E-state index in [1.165, 1.54) is 0 Å². The Kier molecular flexibility index (Phi) is 3.82. The van der Waals surface area contributed by atoms with E-state index in [2.05, 4.69) is 20.4 Å². The highest BCUT2D eigenvalue weighted by Gasteiger charge is 2.30. The van der Waals surface area contributed by atoms with Gasteiger partial charge in [0.2, 0.25) is 5.82 Å². The number of hydrogen-bond acceptors (Lipinski definition) is 5. The zero-order chi connectivity index (χ0) is 15.7. The molecule has 7 nitrogen and oxygen atoms in total. The van der Waals surface area contributed by atoms with Crippen LogP contribution in [0.4, 0.5) is 0 Å². The summed E-state index contributed by atoms with van der Waals surface area (Å²) in [6.07, 6.45) is 4.61. The molecule has 7 heteroatoms. The Labute approximate surface area is 128 Å². The highest BCUT2D eigenvalue weighted by molar-refractivity contribution is 5.90. The molecule has 1 fully saturated rings. The van der Waals surface area contributed by atoms with Crippen molar-refractivity contribution in [1.29, 1.82) is 0 Å². The fraction of sp³-hybridized carbons (Fsp3) is 0.600. The lowest BCUT2D eigenvalue weighted by Gasteiger charge is -2.31. The van der Waals surface area contributed by atoms with E-state index in [0.29, 0.717) is 5.78 Å². The van der Waals surface area contributed by atoms with E-state index in [1.807, 2.05) is 19.9 Å². The van der Waals surface area contributed by atoms with Gasteiger partial charge in [0.05, 0.1) is 5.60 Å². The fourth-order valence-electron chi connectivity index (χ4n) is 2.97. The molecule has 2 aromatic rings. The Morgan fingerprint density at radius 2 is 2.05 bits per heavy atom. The van der Waals surface area contributed by atoms with Gasteiger partial charge >= 0.3 is 0 Å². The minimum atomic E-state index is -0.794. The summed E-state index contributed by atoms with van der Waals surface area (Å²) in [6.45, 7) is 4.01. The molecule has 0 radical (unpaired) electrons. The first-order valence-corrected chi connectivity index (χ1v) is 7.68. The van der Waals surface area contributed by atoms with Gasteiger partial charge in [-0.25, -0.2) is 9.50 Å². The summed E-state index contributed by atoms with van der Waals surface area (Å²) in [4.78, 5) is 20.6. The molecule has 0 aliphatic heterocycles. The van der Waals surface area contributed by atoms with E-state index in [0.717, 1.165) is 43.5 Å². The molecule has 2 aromatic heterocycles. The van der Waals surface area contributed by atoms with E-state index in [1.54, 1.807) is 4.52 Å². The van der Waals surface area contributed by atoms with Crippen molar-refractivity contribution in [2.24, 2.45) is 0 Å². The number of nitrogens with zero attached hydrogens (tertiary/aromatic N) is 4. The van der Waals surface area contributed by atoms with Gasteiger partial charge in [-0.05, 0) is 32.8 Å². The van der Waals surface area contributed by atoms with Gasteiger partial charge in [0.15, 0.2) is 0 Å². The second-order valence-electron chi connectivity index (χ2n) is 6.15. The van der Waals surface area contributed by atoms with E-state index in [4.69, 9.17) is 0 Å². The minimum Gasteiger partial charge on any atom is -0.388 e. The Balaban J connectivity index is 1.73. The van der Waals surface area contributed by atoms with Crippen LogP contribution in [-0.2, 0) is 0 Å². The summed E-state index contributed by atoms with van der Waals surface area (Å²) in [5, 5.41) is 17.4. The van der Waals surface area contributed by atoms with Crippen molar-refractivity contribution in [3.8, 4) is 0 Å². The van der Waals surface area contributed by atoms with Gasteiger partial charge in [-0.1, -0.05) is 19.3 Å². The molecule has 22 heavy (non-hydrogen) atoms. The van der Waals surface area contributed by atoms with Gasteiger partial charge < -0.3 is 10.4 Å². The molecule has 0 bridgehead atoms. The van der Waals surface area contributed by atoms with Gasteiger partial charge in [0.25, 0.3) is 11.7 Å². The maximum atomic E-state index is 12.2. The molecule has 1 amide bonds. The molecule has 0 aromatic carbocycles.